The van der Waals surface area contributed by atoms with Gasteiger partial charge in [0.1, 0.15) is 24.4 Å². The zero-order valence-electron chi connectivity index (χ0n) is 36.4. The summed E-state index contributed by atoms with van der Waals surface area (Å²) in [4.78, 5) is 3.36. The largest absolute Gasteiger partial charge is 0.376 e. The molecule has 11 nitrogen and oxygen atoms in total. The monoisotopic (exact) mass is 872 g/mol. The van der Waals surface area contributed by atoms with Crippen LogP contribution < -0.4 is 0 Å². The molecule has 0 amide bonds. The van der Waals surface area contributed by atoms with Crippen molar-refractivity contribution in [3.05, 3.63) is 226 Å². The molecule has 0 bridgehead atoms. The molecule has 0 N–H and O–H groups in total. The normalized spacial score (nSPS) is 19.6. The highest BCUT2D eigenvalue weighted by Crippen LogP contribution is 2.39. The minimum absolute atomic E-state index is 0.00413. The molecule has 0 unspecified atom stereocenters. The Balaban J connectivity index is 1.32. The lowest BCUT2D eigenvalue weighted by Crippen LogP contribution is -2.65. The maximum absolute atomic E-state index is 10.5. The molecule has 1 aliphatic rings. The molecule has 8 atom stereocenters. The number of benzene rings is 6. The summed E-state index contributed by atoms with van der Waals surface area (Å²) in [6.07, 6.45) is -4.79. The van der Waals surface area contributed by atoms with Crippen LogP contribution in [0, 0.1) is 17.2 Å². The van der Waals surface area contributed by atoms with Crippen LogP contribution in [0.15, 0.2) is 187 Å². The third-order valence-corrected chi connectivity index (χ3v) is 11.4. The standard InChI is InChI=1S/C54H56N4O7/c55-32-31-48(61-35-43-23-11-3-12-24-43)50(47(57-58-56)39-59-33-41-19-7-1-8-20-41)52-54(64-38-46-29-17-6-18-30-46)53(63-37-45-27-15-5-16-28-45)51(62-36-44-25-13-4-14-26-44)49(65-52)40-60-34-42-21-9-2-10-22-42/h1-30,47-54H,31,33-40H2/t47-,48-,49-,50-,51-,52+,53+,54+/m1/s1. The molecule has 11 heteroatoms. The van der Waals surface area contributed by atoms with Crippen LogP contribution in [0.1, 0.15) is 39.8 Å². The van der Waals surface area contributed by atoms with Gasteiger partial charge in [-0.1, -0.05) is 187 Å². The number of nitrogens with zero attached hydrogens (tertiary/aromatic N) is 4. The third kappa shape index (κ3) is 14.4. The zero-order valence-corrected chi connectivity index (χ0v) is 36.4. The summed E-state index contributed by atoms with van der Waals surface area (Å²) in [5.74, 6) is -0.791. The Morgan fingerprint density at radius 2 is 0.923 bits per heavy atom. The molecule has 6 aromatic rings. The summed E-state index contributed by atoms with van der Waals surface area (Å²) >= 11 is 0. The van der Waals surface area contributed by atoms with Crippen molar-refractivity contribution in [2.75, 3.05) is 13.2 Å². The fraction of sp³-hybridized carbons (Fsp3) is 0.315. The van der Waals surface area contributed by atoms with E-state index in [9.17, 15) is 10.8 Å². The lowest BCUT2D eigenvalue weighted by atomic mass is 9.79. The van der Waals surface area contributed by atoms with Crippen LogP contribution in [0.25, 0.3) is 10.4 Å². The molecule has 6 aromatic carbocycles. The average molecular weight is 873 g/mol. The first kappa shape index (κ1) is 46.8. The first-order valence-corrected chi connectivity index (χ1v) is 22.1. The molecule has 0 saturated carbocycles. The highest BCUT2D eigenvalue weighted by atomic mass is 16.6. The van der Waals surface area contributed by atoms with Crippen LogP contribution in [0.5, 0.6) is 0 Å². The minimum atomic E-state index is -0.897. The SMILES string of the molecule is N#CC[C@@H](OCc1ccccc1)[C@H]([C@@H]1O[C@H](COCc2ccccc2)[C@@H](OCc2ccccc2)[C@H](OCc2ccccc2)[C@H]1OCc1ccccc1)[C@@H](COCc1ccccc1)N=[N+]=[N-]. The molecule has 0 aromatic heterocycles. The van der Waals surface area contributed by atoms with E-state index in [1.165, 1.54) is 0 Å². The van der Waals surface area contributed by atoms with Gasteiger partial charge in [0.15, 0.2) is 0 Å². The Morgan fingerprint density at radius 3 is 1.37 bits per heavy atom. The molecule has 334 valence electrons. The number of hydrogen-bond acceptors (Lipinski definition) is 9. The van der Waals surface area contributed by atoms with Crippen molar-refractivity contribution in [3.8, 4) is 6.07 Å². The van der Waals surface area contributed by atoms with Crippen molar-refractivity contribution in [3.63, 3.8) is 0 Å². The lowest BCUT2D eigenvalue weighted by molar-refractivity contribution is -0.289. The topological polar surface area (TPSA) is 137 Å². The molecular weight excluding hydrogens is 817 g/mol. The van der Waals surface area contributed by atoms with Gasteiger partial charge in [0.25, 0.3) is 0 Å². The summed E-state index contributed by atoms with van der Waals surface area (Å²) < 4.78 is 48.0. The lowest BCUT2D eigenvalue weighted by Gasteiger charge is -2.50. The molecule has 1 saturated heterocycles. The van der Waals surface area contributed by atoms with Crippen LogP contribution in [0.4, 0.5) is 0 Å². The number of rotatable bonds is 25. The van der Waals surface area contributed by atoms with E-state index in [1.54, 1.807) is 0 Å². The van der Waals surface area contributed by atoms with E-state index < -0.39 is 48.6 Å². The first-order valence-electron chi connectivity index (χ1n) is 22.1. The quantitative estimate of drug-likeness (QED) is 0.0315. The third-order valence-electron chi connectivity index (χ3n) is 11.4. The van der Waals surface area contributed by atoms with Crippen LogP contribution in [0.3, 0.4) is 0 Å². The number of nitriles is 1. The summed E-state index contributed by atoms with van der Waals surface area (Å²) in [5.41, 5.74) is 16.0. The Bertz CT molecular complexity index is 2320. The van der Waals surface area contributed by atoms with Crippen molar-refractivity contribution < 1.29 is 33.2 Å². The second kappa shape index (κ2) is 26.0. The fourth-order valence-corrected chi connectivity index (χ4v) is 8.15. The molecule has 65 heavy (non-hydrogen) atoms. The average Bonchev–Trinajstić information content (AvgIpc) is 3.36. The number of hydrogen-bond donors (Lipinski definition) is 0. The van der Waals surface area contributed by atoms with Crippen molar-refractivity contribution in [2.24, 2.45) is 11.0 Å². The fourth-order valence-electron chi connectivity index (χ4n) is 8.15. The van der Waals surface area contributed by atoms with Gasteiger partial charge in [0.2, 0.25) is 0 Å². The predicted molar refractivity (Wildman–Crippen MR) is 248 cm³/mol. The summed E-state index contributed by atoms with van der Waals surface area (Å²) in [6, 6.07) is 60.8. The molecule has 1 fully saturated rings. The van der Waals surface area contributed by atoms with E-state index in [4.69, 9.17) is 33.2 Å². The van der Waals surface area contributed by atoms with Crippen LogP contribution in [0.2, 0.25) is 0 Å². The van der Waals surface area contributed by atoms with Gasteiger partial charge in [0, 0.05) is 10.8 Å². The first-order chi connectivity index (χ1) is 32.2. The van der Waals surface area contributed by atoms with E-state index in [1.807, 2.05) is 182 Å². The number of azide groups is 1. The van der Waals surface area contributed by atoms with E-state index in [2.05, 4.69) is 16.1 Å². The van der Waals surface area contributed by atoms with E-state index >= 15 is 0 Å². The summed E-state index contributed by atoms with van der Waals surface area (Å²) in [6.45, 7) is 1.63. The van der Waals surface area contributed by atoms with E-state index in [-0.39, 0.29) is 52.7 Å². The Labute approximate surface area is 382 Å². The second-order valence-electron chi connectivity index (χ2n) is 16.0. The Kier molecular flexibility index (Phi) is 18.7. The molecule has 1 heterocycles. The van der Waals surface area contributed by atoms with Gasteiger partial charge in [-0.3, -0.25) is 0 Å². The highest BCUT2D eigenvalue weighted by molar-refractivity contribution is 5.18. The van der Waals surface area contributed by atoms with Gasteiger partial charge >= 0.3 is 0 Å². The van der Waals surface area contributed by atoms with Crippen molar-refractivity contribution >= 4 is 0 Å². The predicted octanol–water partition coefficient (Wildman–Crippen LogP) is 10.7. The van der Waals surface area contributed by atoms with Gasteiger partial charge in [0.05, 0.1) is 83.6 Å². The van der Waals surface area contributed by atoms with Gasteiger partial charge in [-0.25, -0.2) is 0 Å². The maximum Gasteiger partial charge on any atom is 0.115 e. The van der Waals surface area contributed by atoms with Crippen molar-refractivity contribution in [1.82, 2.24) is 0 Å². The smallest absolute Gasteiger partial charge is 0.115 e. The highest BCUT2D eigenvalue weighted by Gasteiger charge is 2.54. The Morgan fingerprint density at radius 1 is 0.523 bits per heavy atom. The summed E-state index contributed by atoms with van der Waals surface area (Å²) in [7, 11) is 0. The zero-order chi connectivity index (χ0) is 44.7. The van der Waals surface area contributed by atoms with Crippen molar-refractivity contribution in [1.29, 1.82) is 5.26 Å². The molecule has 7 rings (SSSR count). The molecule has 0 spiro atoms. The maximum atomic E-state index is 10.5. The van der Waals surface area contributed by atoms with Gasteiger partial charge in [-0.15, -0.1) is 0 Å². The van der Waals surface area contributed by atoms with Gasteiger partial charge in [-0.2, -0.15) is 5.26 Å². The van der Waals surface area contributed by atoms with Crippen LogP contribution in [-0.4, -0.2) is 55.9 Å². The van der Waals surface area contributed by atoms with E-state index in [0.717, 1.165) is 33.4 Å². The molecule has 0 aliphatic carbocycles. The second-order valence-corrected chi connectivity index (χ2v) is 16.0. The van der Waals surface area contributed by atoms with E-state index in [0.29, 0.717) is 6.61 Å². The molecule has 0 radical (unpaired) electrons. The van der Waals surface area contributed by atoms with Gasteiger partial charge < -0.3 is 33.2 Å². The Hall–Kier alpha value is -6.16. The minimum Gasteiger partial charge on any atom is -0.376 e. The van der Waals surface area contributed by atoms with Gasteiger partial charge in [-0.05, 0) is 38.9 Å². The summed E-state index contributed by atoms with van der Waals surface area (Å²) in [5, 5.41) is 14.9. The van der Waals surface area contributed by atoms with Crippen LogP contribution in [-0.2, 0) is 72.8 Å². The van der Waals surface area contributed by atoms with Crippen molar-refractivity contribution in [2.45, 2.75) is 88.7 Å². The molecular formula is C54H56N4O7. The number of ether oxygens (including phenoxy) is 7. The molecule has 1 aliphatic heterocycles. The van der Waals surface area contributed by atoms with Crippen LogP contribution >= 0.6 is 0 Å².